The Kier molecular flexibility index (Phi) is 2.97. The molecule has 104 valence electrons. The van der Waals surface area contributed by atoms with Gasteiger partial charge in [-0.3, -0.25) is 0 Å². The number of halogens is 2. The maximum absolute atomic E-state index is 14.2. The zero-order valence-corrected chi connectivity index (χ0v) is 11.0. The Morgan fingerprint density at radius 1 is 0.900 bits per heavy atom. The summed E-state index contributed by atoms with van der Waals surface area (Å²) in [5.41, 5.74) is 1.47. The Labute approximate surface area is 114 Å². The molecular formula is C15H12F2O3. The number of hydrogen-bond acceptors (Lipinski definition) is 3. The van der Waals surface area contributed by atoms with Crippen LogP contribution in [-0.2, 0) is 6.61 Å². The van der Waals surface area contributed by atoms with E-state index in [1.807, 2.05) is 0 Å². The quantitative estimate of drug-likeness (QED) is 0.841. The molecule has 0 saturated heterocycles. The molecule has 1 aliphatic rings. The van der Waals surface area contributed by atoms with Crippen LogP contribution in [-0.4, -0.2) is 14.2 Å². The predicted molar refractivity (Wildman–Crippen MR) is 69.2 cm³/mol. The van der Waals surface area contributed by atoms with Crippen LogP contribution in [0.1, 0.15) is 5.56 Å². The minimum absolute atomic E-state index is 0.0462. The minimum atomic E-state index is -0.577. The summed E-state index contributed by atoms with van der Waals surface area (Å²) < 4.78 is 43.5. The van der Waals surface area contributed by atoms with Crippen molar-refractivity contribution in [3.05, 3.63) is 41.5 Å². The number of rotatable bonds is 2. The molecule has 0 atom stereocenters. The minimum Gasteiger partial charge on any atom is -0.494 e. The molecule has 0 amide bonds. The third-order valence-corrected chi connectivity index (χ3v) is 3.36. The summed E-state index contributed by atoms with van der Waals surface area (Å²) >= 11 is 0. The van der Waals surface area contributed by atoms with Crippen molar-refractivity contribution in [3.8, 4) is 28.4 Å². The van der Waals surface area contributed by atoms with E-state index < -0.39 is 11.6 Å². The Morgan fingerprint density at radius 3 is 2.15 bits per heavy atom. The molecule has 3 rings (SSSR count). The van der Waals surface area contributed by atoms with Gasteiger partial charge in [-0.2, -0.15) is 4.39 Å². The fourth-order valence-corrected chi connectivity index (χ4v) is 2.34. The first-order valence-electron chi connectivity index (χ1n) is 6.02. The van der Waals surface area contributed by atoms with E-state index in [4.69, 9.17) is 14.2 Å². The van der Waals surface area contributed by atoms with Gasteiger partial charge in [-0.05, 0) is 29.8 Å². The summed E-state index contributed by atoms with van der Waals surface area (Å²) in [6.07, 6.45) is 0. The molecule has 2 aromatic carbocycles. The van der Waals surface area contributed by atoms with Gasteiger partial charge in [0, 0.05) is 11.1 Å². The lowest BCUT2D eigenvalue weighted by molar-refractivity contribution is 0.271. The molecule has 0 unspecified atom stereocenters. The summed E-state index contributed by atoms with van der Waals surface area (Å²) in [6, 6.07) is 6.37. The Bertz CT molecular complexity index is 624. The van der Waals surface area contributed by atoms with E-state index in [1.54, 1.807) is 12.1 Å². The highest BCUT2D eigenvalue weighted by molar-refractivity contribution is 5.77. The van der Waals surface area contributed by atoms with Crippen molar-refractivity contribution in [2.45, 2.75) is 6.61 Å². The summed E-state index contributed by atoms with van der Waals surface area (Å²) in [5, 5.41) is 0. The van der Waals surface area contributed by atoms with E-state index in [2.05, 4.69) is 0 Å². The first kappa shape index (κ1) is 12.7. The molecule has 0 bridgehead atoms. The molecule has 1 heterocycles. The van der Waals surface area contributed by atoms with Gasteiger partial charge in [0.05, 0.1) is 14.2 Å². The van der Waals surface area contributed by atoms with E-state index in [9.17, 15) is 8.78 Å². The van der Waals surface area contributed by atoms with Crippen LogP contribution in [0.15, 0.2) is 24.3 Å². The predicted octanol–water partition coefficient (Wildman–Crippen LogP) is 3.54. The molecule has 5 heteroatoms. The van der Waals surface area contributed by atoms with Gasteiger partial charge >= 0.3 is 0 Å². The molecule has 0 aliphatic carbocycles. The molecule has 2 aromatic rings. The second-order valence-corrected chi connectivity index (χ2v) is 4.36. The van der Waals surface area contributed by atoms with Crippen molar-refractivity contribution in [2.24, 2.45) is 0 Å². The van der Waals surface area contributed by atoms with Crippen LogP contribution in [0, 0.1) is 11.6 Å². The monoisotopic (exact) mass is 278 g/mol. The average Bonchev–Trinajstić information content (AvgIpc) is 2.48. The zero-order chi connectivity index (χ0) is 14.3. The second kappa shape index (κ2) is 4.67. The summed E-state index contributed by atoms with van der Waals surface area (Å²) in [6.45, 7) is -0.0462. The summed E-state index contributed by atoms with van der Waals surface area (Å²) in [5.74, 6) is -0.730. The van der Waals surface area contributed by atoms with Crippen LogP contribution in [0.5, 0.6) is 17.2 Å². The number of ether oxygens (including phenoxy) is 3. The number of methoxy groups -OCH3 is 2. The normalized spacial score (nSPS) is 12.2. The Hall–Kier alpha value is -2.30. The number of hydrogen-bond donors (Lipinski definition) is 0. The molecule has 0 saturated carbocycles. The lowest BCUT2D eigenvalue weighted by Gasteiger charge is -2.23. The first-order valence-corrected chi connectivity index (χ1v) is 6.02. The van der Waals surface area contributed by atoms with Gasteiger partial charge in [-0.15, -0.1) is 0 Å². The maximum Gasteiger partial charge on any atom is 0.207 e. The standard InChI is InChI=1S/C15H12F2O3/c1-18-11-5-3-8-9-4-6-12(19-2)14(17)15(9)20-7-10(8)13(11)16/h3-6H,7H2,1-2H3. The Morgan fingerprint density at radius 2 is 1.50 bits per heavy atom. The maximum atomic E-state index is 14.2. The number of fused-ring (bicyclic) bond motifs is 3. The van der Waals surface area contributed by atoms with Crippen molar-refractivity contribution in [3.63, 3.8) is 0 Å². The molecular weight excluding hydrogens is 266 g/mol. The van der Waals surface area contributed by atoms with E-state index in [1.165, 1.54) is 26.4 Å². The molecule has 0 radical (unpaired) electrons. The van der Waals surface area contributed by atoms with Crippen LogP contribution in [0.4, 0.5) is 8.78 Å². The average molecular weight is 278 g/mol. The molecule has 1 aliphatic heterocycles. The SMILES string of the molecule is COc1ccc2c(c1F)COc1c-2ccc(OC)c1F. The van der Waals surface area contributed by atoms with Gasteiger partial charge in [0.1, 0.15) is 6.61 Å². The fourth-order valence-electron chi connectivity index (χ4n) is 2.34. The third-order valence-electron chi connectivity index (χ3n) is 3.36. The molecule has 0 fully saturated rings. The van der Waals surface area contributed by atoms with Crippen LogP contribution >= 0.6 is 0 Å². The van der Waals surface area contributed by atoms with Crippen LogP contribution in [0.2, 0.25) is 0 Å². The molecule has 20 heavy (non-hydrogen) atoms. The zero-order valence-electron chi connectivity index (χ0n) is 11.0. The molecule has 0 spiro atoms. The van der Waals surface area contributed by atoms with Crippen molar-refractivity contribution in [2.75, 3.05) is 14.2 Å². The highest BCUT2D eigenvalue weighted by atomic mass is 19.1. The number of benzene rings is 2. The van der Waals surface area contributed by atoms with Gasteiger partial charge in [0.15, 0.2) is 23.1 Å². The lowest BCUT2D eigenvalue weighted by Crippen LogP contribution is -2.10. The third kappa shape index (κ3) is 1.70. The van der Waals surface area contributed by atoms with Gasteiger partial charge < -0.3 is 14.2 Å². The fraction of sp³-hybridized carbons (Fsp3) is 0.200. The highest BCUT2D eigenvalue weighted by Gasteiger charge is 2.26. The van der Waals surface area contributed by atoms with Gasteiger partial charge in [0.2, 0.25) is 5.82 Å². The van der Waals surface area contributed by atoms with E-state index in [0.29, 0.717) is 16.7 Å². The summed E-state index contributed by atoms with van der Waals surface area (Å²) in [7, 11) is 2.78. The molecule has 0 N–H and O–H groups in total. The van der Waals surface area contributed by atoms with E-state index >= 15 is 0 Å². The topological polar surface area (TPSA) is 27.7 Å². The largest absolute Gasteiger partial charge is 0.494 e. The van der Waals surface area contributed by atoms with Crippen LogP contribution in [0.25, 0.3) is 11.1 Å². The van der Waals surface area contributed by atoms with Crippen LogP contribution < -0.4 is 14.2 Å². The van der Waals surface area contributed by atoms with Gasteiger partial charge in [0.25, 0.3) is 0 Å². The van der Waals surface area contributed by atoms with Crippen molar-refractivity contribution in [1.82, 2.24) is 0 Å². The van der Waals surface area contributed by atoms with Gasteiger partial charge in [-0.1, -0.05) is 0 Å². The highest BCUT2D eigenvalue weighted by Crippen LogP contribution is 2.44. The lowest BCUT2D eigenvalue weighted by atomic mass is 9.96. The van der Waals surface area contributed by atoms with E-state index in [0.717, 1.165) is 0 Å². The second-order valence-electron chi connectivity index (χ2n) is 4.36. The molecule has 3 nitrogen and oxygen atoms in total. The van der Waals surface area contributed by atoms with Crippen molar-refractivity contribution >= 4 is 0 Å². The summed E-state index contributed by atoms with van der Waals surface area (Å²) in [4.78, 5) is 0. The van der Waals surface area contributed by atoms with Crippen molar-refractivity contribution < 1.29 is 23.0 Å². The van der Waals surface area contributed by atoms with Crippen molar-refractivity contribution in [1.29, 1.82) is 0 Å². The Balaban J connectivity index is 2.22. The smallest absolute Gasteiger partial charge is 0.207 e. The van der Waals surface area contributed by atoms with Crippen LogP contribution in [0.3, 0.4) is 0 Å². The molecule has 0 aromatic heterocycles. The van der Waals surface area contributed by atoms with Gasteiger partial charge in [-0.25, -0.2) is 4.39 Å². The first-order chi connectivity index (χ1) is 9.67. The van der Waals surface area contributed by atoms with E-state index in [-0.39, 0.29) is 23.9 Å².